The number of unbranched alkanes of at least 4 members (excludes halogenated alkanes) is 6. The summed E-state index contributed by atoms with van der Waals surface area (Å²) >= 11 is 0. The quantitative estimate of drug-likeness (QED) is 0.101. The molecule has 0 aromatic carbocycles. The Bertz CT molecular complexity index is 1000. The molecular weight excluding hydrogens is 536 g/mol. The molecule has 1 aliphatic heterocycles. The molecule has 0 aromatic rings. The fourth-order valence-corrected chi connectivity index (χ4v) is 7.46. The number of carbonyl (C=O) groups is 2. The van der Waals surface area contributed by atoms with Gasteiger partial charge in [-0.3, -0.25) is 9.59 Å². The number of esters is 2. The predicted molar refractivity (Wildman–Crippen MR) is 161 cm³/mol. The van der Waals surface area contributed by atoms with Crippen molar-refractivity contribution in [3.8, 4) is 0 Å². The summed E-state index contributed by atoms with van der Waals surface area (Å²) in [4.78, 5) is 25.6. The van der Waals surface area contributed by atoms with Crippen LogP contribution in [0.3, 0.4) is 0 Å². The molecule has 1 saturated carbocycles. The van der Waals surface area contributed by atoms with E-state index in [0.717, 1.165) is 24.8 Å². The molecule has 1 saturated heterocycles. The Morgan fingerprint density at radius 1 is 1.10 bits per heavy atom. The van der Waals surface area contributed by atoms with E-state index in [1.54, 1.807) is 12.2 Å². The lowest BCUT2D eigenvalue weighted by Crippen LogP contribution is -2.68. The van der Waals surface area contributed by atoms with E-state index in [9.17, 15) is 19.8 Å². The summed E-state index contributed by atoms with van der Waals surface area (Å²) in [7, 11) is 0. The Labute approximate surface area is 252 Å². The van der Waals surface area contributed by atoms with Gasteiger partial charge in [-0.05, 0) is 50.0 Å². The number of ether oxygens (including phenoxy) is 4. The zero-order valence-electron chi connectivity index (χ0n) is 26.6. The second kappa shape index (κ2) is 15.1. The highest BCUT2D eigenvalue weighted by Gasteiger charge is 2.73. The van der Waals surface area contributed by atoms with Crippen LogP contribution < -0.4 is 0 Å². The molecule has 3 rings (SSSR count). The Balaban J connectivity index is 2.01. The molecule has 0 radical (unpaired) electrons. The van der Waals surface area contributed by atoms with Crippen molar-refractivity contribution in [2.75, 3.05) is 6.61 Å². The van der Waals surface area contributed by atoms with Gasteiger partial charge in [-0.1, -0.05) is 89.7 Å². The van der Waals surface area contributed by atoms with Crippen LogP contribution in [-0.4, -0.2) is 59.7 Å². The number of aliphatic hydroxyl groups is 2. The number of aliphatic hydroxyl groups excluding tert-OH is 2. The molecule has 2 N–H and O–H groups in total. The van der Waals surface area contributed by atoms with Gasteiger partial charge in [-0.2, -0.15) is 0 Å². The largest absolute Gasteiger partial charge is 0.459 e. The first kappa shape index (κ1) is 34.5. The van der Waals surface area contributed by atoms with Crippen molar-refractivity contribution in [1.29, 1.82) is 0 Å². The van der Waals surface area contributed by atoms with Crippen molar-refractivity contribution >= 4 is 11.9 Å². The molecule has 42 heavy (non-hydrogen) atoms. The Morgan fingerprint density at radius 3 is 2.38 bits per heavy atom. The average molecular weight is 591 g/mol. The fourth-order valence-electron chi connectivity index (χ4n) is 7.46. The minimum Gasteiger partial charge on any atom is -0.459 e. The van der Waals surface area contributed by atoms with Gasteiger partial charge < -0.3 is 29.2 Å². The van der Waals surface area contributed by atoms with E-state index in [-0.39, 0.29) is 24.2 Å². The molecular formula is C34H54O8. The molecule has 8 heteroatoms. The van der Waals surface area contributed by atoms with Crippen molar-refractivity contribution in [3.05, 3.63) is 36.0 Å². The maximum atomic E-state index is 13.2. The lowest BCUT2D eigenvalue weighted by Gasteiger charge is -2.62. The summed E-state index contributed by atoms with van der Waals surface area (Å²) in [6.45, 7) is 15.6. The number of carbonyl (C=O) groups excluding carboxylic acids is 2. The molecule has 1 heterocycles. The highest BCUT2D eigenvalue weighted by molar-refractivity contribution is 5.69. The third-order valence-corrected chi connectivity index (χ3v) is 9.98. The van der Waals surface area contributed by atoms with Crippen LogP contribution in [-0.2, 0) is 28.5 Å². The molecule has 1 spiro atoms. The summed E-state index contributed by atoms with van der Waals surface area (Å²) in [5.41, 5.74) is -0.319. The monoisotopic (exact) mass is 590 g/mol. The van der Waals surface area contributed by atoms with Crippen molar-refractivity contribution in [2.45, 2.75) is 137 Å². The van der Waals surface area contributed by atoms with Gasteiger partial charge in [0.2, 0.25) is 6.29 Å². The van der Waals surface area contributed by atoms with Crippen LogP contribution in [0.25, 0.3) is 0 Å². The van der Waals surface area contributed by atoms with E-state index in [1.807, 2.05) is 20.8 Å². The fraction of sp³-hybridized carbons (Fsp3) is 0.765. The molecule has 0 aromatic heterocycles. The van der Waals surface area contributed by atoms with E-state index in [2.05, 4.69) is 26.5 Å². The summed E-state index contributed by atoms with van der Waals surface area (Å²) in [5, 5.41) is 23.4. The zero-order chi connectivity index (χ0) is 31.1. The van der Waals surface area contributed by atoms with Gasteiger partial charge in [-0.25, -0.2) is 0 Å². The first-order chi connectivity index (χ1) is 20.0. The van der Waals surface area contributed by atoms with Gasteiger partial charge in [0.05, 0.1) is 11.5 Å². The zero-order valence-corrected chi connectivity index (χ0v) is 26.6. The predicted octanol–water partition coefficient (Wildman–Crippen LogP) is 6.15. The molecule has 0 bridgehead atoms. The van der Waals surface area contributed by atoms with Crippen molar-refractivity contribution in [1.82, 2.24) is 0 Å². The van der Waals surface area contributed by atoms with Gasteiger partial charge in [0, 0.05) is 25.9 Å². The van der Waals surface area contributed by atoms with E-state index in [4.69, 9.17) is 18.9 Å². The van der Waals surface area contributed by atoms with E-state index >= 15 is 0 Å². The topological polar surface area (TPSA) is 112 Å². The van der Waals surface area contributed by atoms with E-state index in [0.29, 0.717) is 25.0 Å². The average Bonchev–Trinajstić information content (AvgIpc) is 3.24. The summed E-state index contributed by atoms with van der Waals surface area (Å²) < 4.78 is 24.1. The van der Waals surface area contributed by atoms with Crippen molar-refractivity contribution < 1.29 is 38.7 Å². The Hall–Kier alpha value is -2.00. The third-order valence-electron chi connectivity index (χ3n) is 9.98. The van der Waals surface area contributed by atoms with Gasteiger partial charge in [0.25, 0.3) is 0 Å². The SMILES string of the molecule is C=C/C(C)=C\C[C@]1(C)[C@H](C)[C@@H](OC(=O)CCCCCCCCC)[C@H](O)[C@@]23C(=C[C@H](O)C[C@@H]12)[C@@H](OCC)O[C@H]3OC(C)=O. The van der Waals surface area contributed by atoms with Gasteiger partial charge >= 0.3 is 11.9 Å². The smallest absolute Gasteiger partial charge is 0.306 e. The maximum absolute atomic E-state index is 13.2. The van der Waals surface area contributed by atoms with Gasteiger partial charge in [-0.15, -0.1) is 0 Å². The van der Waals surface area contributed by atoms with Gasteiger partial charge in [0.1, 0.15) is 12.2 Å². The van der Waals surface area contributed by atoms with E-state index in [1.165, 1.54) is 32.6 Å². The summed E-state index contributed by atoms with van der Waals surface area (Å²) in [6.07, 6.45) is 9.27. The molecule has 8 nitrogen and oxygen atoms in total. The second-order valence-corrected chi connectivity index (χ2v) is 12.7. The molecule has 2 fully saturated rings. The number of hydrogen-bond acceptors (Lipinski definition) is 8. The first-order valence-corrected chi connectivity index (χ1v) is 16.0. The standard InChI is InChI=1S/C34H54O8/c1-8-11-12-13-14-15-16-17-28(37)41-29-23(5)33(7,19-18-22(4)9-2)27-21-25(36)20-26-31(39-10-3)42-32(40-24(6)35)34(26,27)30(29)38/h9,18,20,23,25,27,29-32,36,38H,2,8,10-17,19,21H2,1,3-7H3/b22-18-/t23-,25+,27+,29-,30+,31+,32-,33-,34-/m1/s1. The van der Waals surface area contributed by atoms with Crippen LogP contribution in [0.15, 0.2) is 36.0 Å². The van der Waals surface area contributed by atoms with Crippen LogP contribution >= 0.6 is 0 Å². The van der Waals surface area contributed by atoms with Crippen LogP contribution in [0.1, 0.15) is 106 Å². The second-order valence-electron chi connectivity index (χ2n) is 12.7. The minimum atomic E-state index is -1.27. The van der Waals surface area contributed by atoms with Crippen LogP contribution in [0.2, 0.25) is 0 Å². The Morgan fingerprint density at radius 2 is 1.76 bits per heavy atom. The lowest BCUT2D eigenvalue weighted by atomic mass is 9.44. The summed E-state index contributed by atoms with van der Waals surface area (Å²) in [5.74, 6) is -1.57. The lowest BCUT2D eigenvalue weighted by molar-refractivity contribution is -0.277. The minimum absolute atomic E-state index is 0.277. The van der Waals surface area contributed by atoms with Crippen molar-refractivity contribution in [3.63, 3.8) is 0 Å². The highest BCUT2D eigenvalue weighted by atomic mass is 16.8. The molecule has 2 aliphatic carbocycles. The van der Waals surface area contributed by atoms with Crippen molar-refractivity contribution in [2.24, 2.45) is 22.7 Å². The van der Waals surface area contributed by atoms with Crippen LogP contribution in [0, 0.1) is 22.7 Å². The molecule has 238 valence electrons. The molecule has 3 aliphatic rings. The highest BCUT2D eigenvalue weighted by Crippen LogP contribution is 2.67. The number of hydrogen-bond donors (Lipinski definition) is 2. The Kier molecular flexibility index (Phi) is 12.4. The molecule has 0 amide bonds. The third kappa shape index (κ3) is 7.03. The molecule has 9 atom stereocenters. The van der Waals surface area contributed by atoms with Gasteiger partial charge in [0.15, 0.2) is 6.29 Å². The first-order valence-electron chi connectivity index (χ1n) is 16.0. The van der Waals surface area contributed by atoms with Crippen LogP contribution in [0.4, 0.5) is 0 Å². The number of allylic oxidation sites excluding steroid dienone is 3. The maximum Gasteiger partial charge on any atom is 0.306 e. The normalized spacial score (nSPS) is 36.0. The van der Waals surface area contributed by atoms with E-state index < -0.39 is 47.7 Å². The number of rotatable bonds is 15. The summed E-state index contributed by atoms with van der Waals surface area (Å²) in [6, 6.07) is 0. The molecule has 0 unspecified atom stereocenters. The van der Waals surface area contributed by atoms with Crippen LogP contribution in [0.5, 0.6) is 0 Å².